The Labute approximate surface area is 155 Å². The molecule has 0 aromatic carbocycles. The average Bonchev–Trinajstić information content (AvgIpc) is 2.64. The molecule has 12 heteroatoms. The highest BCUT2D eigenvalue weighted by Gasteiger charge is 2.51. The third-order valence-electron chi connectivity index (χ3n) is 4.63. The number of hydrogen-bond acceptors (Lipinski definition) is 11. The first-order valence-electron chi connectivity index (χ1n) is 8.45. The van der Waals surface area contributed by atoms with E-state index < -0.39 is 80.5 Å². The van der Waals surface area contributed by atoms with Gasteiger partial charge in [-0.3, -0.25) is 4.79 Å². The lowest BCUT2D eigenvalue weighted by molar-refractivity contribution is -0.346. The maximum Gasteiger partial charge on any atom is 0.217 e. The van der Waals surface area contributed by atoms with E-state index in [2.05, 4.69) is 5.32 Å². The molecule has 2 aliphatic rings. The summed E-state index contributed by atoms with van der Waals surface area (Å²) in [5, 5.41) is 61.2. The van der Waals surface area contributed by atoms with E-state index in [0.717, 1.165) is 0 Å². The van der Waals surface area contributed by atoms with Crippen LogP contribution in [0.4, 0.5) is 0 Å². The number of nitrogens with one attached hydrogen (secondary N) is 1. The van der Waals surface area contributed by atoms with Crippen LogP contribution in [0.3, 0.4) is 0 Å². The van der Waals surface area contributed by atoms with E-state index in [1.165, 1.54) is 14.0 Å². The highest BCUT2D eigenvalue weighted by molar-refractivity contribution is 5.73. The molecule has 158 valence electrons. The van der Waals surface area contributed by atoms with Crippen LogP contribution in [0.1, 0.15) is 6.92 Å². The zero-order valence-electron chi connectivity index (χ0n) is 14.9. The molecule has 0 aromatic heterocycles. The van der Waals surface area contributed by atoms with Gasteiger partial charge in [0.1, 0.15) is 48.8 Å². The van der Waals surface area contributed by atoms with Crippen molar-refractivity contribution in [3.8, 4) is 0 Å². The topological polar surface area (TPSA) is 187 Å². The number of aliphatic hydroxyl groups is 6. The number of ether oxygens (including phenoxy) is 4. The number of aliphatic hydroxyl groups excluding tert-OH is 6. The van der Waals surface area contributed by atoms with Crippen molar-refractivity contribution in [2.75, 3.05) is 20.3 Å². The van der Waals surface area contributed by atoms with Crippen molar-refractivity contribution in [1.29, 1.82) is 0 Å². The van der Waals surface area contributed by atoms with E-state index in [0.29, 0.717) is 0 Å². The van der Waals surface area contributed by atoms with E-state index in [-0.39, 0.29) is 0 Å². The first-order valence-corrected chi connectivity index (χ1v) is 8.45. The Morgan fingerprint density at radius 1 is 0.963 bits per heavy atom. The third kappa shape index (κ3) is 4.74. The summed E-state index contributed by atoms with van der Waals surface area (Å²) in [7, 11) is 1.29. The molecular formula is C15H27NO11. The summed E-state index contributed by atoms with van der Waals surface area (Å²) in [5.74, 6) is -0.473. The van der Waals surface area contributed by atoms with Gasteiger partial charge in [-0.15, -0.1) is 0 Å². The van der Waals surface area contributed by atoms with Gasteiger partial charge in [0.15, 0.2) is 12.6 Å². The fourth-order valence-corrected chi connectivity index (χ4v) is 3.23. The van der Waals surface area contributed by atoms with Gasteiger partial charge in [0.25, 0.3) is 0 Å². The number of rotatable bonds is 6. The van der Waals surface area contributed by atoms with Crippen LogP contribution >= 0.6 is 0 Å². The SMILES string of the molecule is CO[C@H]1[C@H](O[C@@H]2O[C@H](CO)[C@H](O)[C@H](O)[C@H]2O)[C@@H](CO)OC(O)[C@@H]1NC(C)=O. The van der Waals surface area contributed by atoms with Crippen LogP contribution < -0.4 is 5.32 Å². The molecule has 2 saturated heterocycles. The minimum absolute atomic E-state index is 0.473. The zero-order chi connectivity index (χ0) is 20.3. The van der Waals surface area contributed by atoms with Gasteiger partial charge in [0.2, 0.25) is 5.91 Å². The molecule has 0 aromatic rings. The van der Waals surface area contributed by atoms with E-state index in [1.54, 1.807) is 0 Å². The Kier molecular flexibility index (Phi) is 7.88. The molecular weight excluding hydrogens is 370 g/mol. The van der Waals surface area contributed by atoms with Crippen molar-refractivity contribution in [3.63, 3.8) is 0 Å². The molecule has 12 nitrogen and oxygen atoms in total. The Hall–Kier alpha value is -0.930. The van der Waals surface area contributed by atoms with Crippen molar-refractivity contribution in [2.24, 2.45) is 0 Å². The standard InChI is InChI=1S/C15H27NO11/c1-5(19)16-8-13(24-2)12(7(4-18)25-14(8)23)27-15-11(22)10(21)9(20)6(3-17)26-15/h6-15,17-18,20-23H,3-4H2,1-2H3,(H,16,19)/t6-,7-,8-,9+,10+,11-,12-,13-,14?,15+/m1/s1. The lowest BCUT2D eigenvalue weighted by atomic mass is 9.95. The number of hydrogen-bond donors (Lipinski definition) is 7. The summed E-state index contributed by atoms with van der Waals surface area (Å²) in [6.07, 6.45) is -12.3. The number of carbonyl (C=O) groups is 1. The summed E-state index contributed by atoms with van der Waals surface area (Å²) in [4.78, 5) is 11.4. The van der Waals surface area contributed by atoms with Crippen LogP contribution in [0.5, 0.6) is 0 Å². The maximum atomic E-state index is 11.4. The molecule has 27 heavy (non-hydrogen) atoms. The minimum atomic E-state index is -1.68. The second-order valence-corrected chi connectivity index (χ2v) is 6.47. The van der Waals surface area contributed by atoms with Crippen molar-refractivity contribution < 1.29 is 54.4 Å². The van der Waals surface area contributed by atoms with Crippen LogP contribution in [-0.2, 0) is 23.7 Å². The highest BCUT2D eigenvalue weighted by atomic mass is 16.7. The van der Waals surface area contributed by atoms with Gasteiger partial charge in [-0.1, -0.05) is 0 Å². The van der Waals surface area contributed by atoms with E-state index in [1.807, 2.05) is 0 Å². The Bertz CT molecular complexity index is 492. The largest absolute Gasteiger partial charge is 0.394 e. The minimum Gasteiger partial charge on any atom is -0.394 e. The Balaban J connectivity index is 2.22. The predicted molar refractivity (Wildman–Crippen MR) is 85.0 cm³/mol. The first kappa shape index (κ1) is 22.4. The monoisotopic (exact) mass is 397 g/mol. The Morgan fingerprint density at radius 3 is 2.11 bits per heavy atom. The van der Waals surface area contributed by atoms with Gasteiger partial charge < -0.3 is 54.9 Å². The predicted octanol–water partition coefficient (Wildman–Crippen LogP) is -4.60. The Morgan fingerprint density at radius 2 is 1.59 bits per heavy atom. The molecule has 2 fully saturated rings. The summed E-state index contributed by atoms with van der Waals surface area (Å²) >= 11 is 0. The van der Waals surface area contributed by atoms with Crippen LogP contribution in [0.15, 0.2) is 0 Å². The van der Waals surface area contributed by atoms with Crippen molar-refractivity contribution in [3.05, 3.63) is 0 Å². The second-order valence-electron chi connectivity index (χ2n) is 6.47. The maximum absolute atomic E-state index is 11.4. The lowest BCUT2D eigenvalue weighted by Gasteiger charge is -2.47. The van der Waals surface area contributed by atoms with Gasteiger partial charge >= 0.3 is 0 Å². The summed E-state index contributed by atoms with van der Waals surface area (Å²) < 4.78 is 21.5. The zero-order valence-corrected chi connectivity index (χ0v) is 14.9. The summed E-state index contributed by atoms with van der Waals surface area (Å²) in [5.41, 5.74) is 0. The van der Waals surface area contributed by atoms with E-state index in [4.69, 9.17) is 18.9 Å². The van der Waals surface area contributed by atoms with Crippen LogP contribution in [-0.4, -0.2) is 118 Å². The average molecular weight is 397 g/mol. The van der Waals surface area contributed by atoms with Crippen molar-refractivity contribution >= 4 is 5.91 Å². The number of methoxy groups -OCH3 is 1. The van der Waals surface area contributed by atoms with Gasteiger partial charge in [-0.2, -0.15) is 0 Å². The van der Waals surface area contributed by atoms with Gasteiger partial charge in [0.05, 0.1) is 13.2 Å². The number of carbonyl (C=O) groups excluding carboxylic acids is 1. The van der Waals surface area contributed by atoms with Crippen molar-refractivity contribution in [2.45, 2.75) is 68.3 Å². The molecule has 0 saturated carbocycles. The van der Waals surface area contributed by atoms with Crippen LogP contribution in [0.2, 0.25) is 0 Å². The molecule has 10 atom stereocenters. The molecule has 2 aliphatic heterocycles. The van der Waals surface area contributed by atoms with Gasteiger partial charge in [-0.25, -0.2) is 0 Å². The van der Waals surface area contributed by atoms with E-state index >= 15 is 0 Å². The normalized spacial score (nSPS) is 45.5. The molecule has 0 aliphatic carbocycles. The molecule has 7 N–H and O–H groups in total. The molecule has 0 radical (unpaired) electrons. The third-order valence-corrected chi connectivity index (χ3v) is 4.63. The molecule has 2 heterocycles. The fraction of sp³-hybridized carbons (Fsp3) is 0.933. The van der Waals surface area contributed by atoms with Gasteiger partial charge in [-0.05, 0) is 0 Å². The smallest absolute Gasteiger partial charge is 0.217 e. The quantitative estimate of drug-likeness (QED) is 0.228. The lowest BCUT2D eigenvalue weighted by Crippen LogP contribution is -2.67. The molecule has 1 amide bonds. The van der Waals surface area contributed by atoms with Crippen LogP contribution in [0, 0.1) is 0 Å². The summed E-state index contributed by atoms with van der Waals surface area (Å²) in [6, 6.07) is -1.05. The molecule has 0 bridgehead atoms. The molecule has 0 spiro atoms. The van der Waals surface area contributed by atoms with E-state index in [9.17, 15) is 35.4 Å². The van der Waals surface area contributed by atoms with Crippen LogP contribution in [0.25, 0.3) is 0 Å². The van der Waals surface area contributed by atoms with Crippen molar-refractivity contribution in [1.82, 2.24) is 5.32 Å². The fourth-order valence-electron chi connectivity index (χ4n) is 3.23. The highest BCUT2D eigenvalue weighted by Crippen LogP contribution is 2.29. The molecule has 1 unspecified atom stereocenters. The van der Waals surface area contributed by atoms with Gasteiger partial charge in [0, 0.05) is 14.0 Å². The number of amides is 1. The molecule has 2 rings (SSSR count). The first-order chi connectivity index (χ1) is 12.7. The summed E-state index contributed by atoms with van der Waals surface area (Å²) in [6.45, 7) is -0.00678. The second kappa shape index (κ2) is 9.52.